The molecule has 1 nitrogen and oxygen atoms in total. The molecule has 16 heavy (non-hydrogen) atoms. The van der Waals surface area contributed by atoms with Gasteiger partial charge in [-0.1, -0.05) is 13.0 Å². The zero-order valence-electron chi connectivity index (χ0n) is 10.9. The molecule has 0 spiro atoms. The first-order chi connectivity index (χ1) is 7.45. The Kier molecular flexibility index (Phi) is 4.48. The van der Waals surface area contributed by atoms with Gasteiger partial charge >= 0.3 is 0 Å². The van der Waals surface area contributed by atoms with Crippen LogP contribution in [0.15, 0.2) is 12.1 Å². The largest absolute Gasteiger partial charge is 0.317 e. The van der Waals surface area contributed by atoms with Gasteiger partial charge in [0.15, 0.2) is 0 Å². The summed E-state index contributed by atoms with van der Waals surface area (Å²) >= 11 is 0. The highest BCUT2D eigenvalue weighted by molar-refractivity contribution is 5.34. The number of aryl methyl sites for hydroxylation is 2. The number of hydrogen-bond donors (Lipinski definition) is 1. The van der Waals surface area contributed by atoms with Crippen LogP contribution in [0.4, 0.5) is 4.39 Å². The molecule has 0 aliphatic heterocycles. The summed E-state index contributed by atoms with van der Waals surface area (Å²) < 4.78 is 13.9. The second-order valence-corrected chi connectivity index (χ2v) is 4.80. The van der Waals surface area contributed by atoms with Gasteiger partial charge in [-0.15, -0.1) is 0 Å². The van der Waals surface area contributed by atoms with Gasteiger partial charge in [-0.3, -0.25) is 0 Å². The maximum atomic E-state index is 13.9. The van der Waals surface area contributed by atoms with Crippen molar-refractivity contribution < 1.29 is 4.39 Å². The average Bonchev–Trinajstić information content (AvgIpc) is 2.15. The summed E-state index contributed by atoms with van der Waals surface area (Å²) in [4.78, 5) is 0. The Morgan fingerprint density at radius 3 is 2.38 bits per heavy atom. The molecule has 0 aromatic heterocycles. The highest BCUT2D eigenvalue weighted by Crippen LogP contribution is 2.27. The van der Waals surface area contributed by atoms with Crippen molar-refractivity contribution in [1.82, 2.24) is 5.32 Å². The highest BCUT2D eigenvalue weighted by Gasteiger charge is 2.16. The van der Waals surface area contributed by atoms with Crippen molar-refractivity contribution in [3.05, 3.63) is 34.6 Å². The minimum atomic E-state index is -0.0618. The van der Waals surface area contributed by atoms with Crippen LogP contribution >= 0.6 is 0 Å². The Bertz CT molecular complexity index is 337. The standard InChI is InChI=1S/C14H22FN/c1-9-6-10(2)14(13(15)7-9)11(3)8-12(4)16-5/h6-7,11-12,16H,8H2,1-5H3. The van der Waals surface area contributed by atoms with Crippen molar-refractivity contribution in [3.8, 4) is 0 Å². The number of nitrogens with one attached hydrogen (secondary N) is 1. The Morgan fingerprint density at radius 2 is 1.88 bits per heavy atom. The van der Waals surface area contributed by atoms with Crippen molar-refractivity contribution in [1.29, 1.82) is 0 Å². The van der Waals surface area contributed by atoms with Gasteiger partial charge in [0.1, 0.15) is 5.82 Å². The number of hydrogen-bond acceptors (Lipinski definition) is 1. The summed E-state index contributed by atoms with van der Waals surface area (Å²) in [5.74, 6) is 0.191. The molecule has 1 rings (SSSR count). The molecule has 2 atom stereocenters. The predicted molar refractivity (Wildman–Crippen MR) is 67.4 cm³/mol. The van der Waals surface area contributed by atoms with E-state index >= 15 is 0 Å². The molecular weight excluding hydrogens is 201 g/mol. The molecule has 0 aliphatic rings. The lowest BCUT2D eigenvalue weighted by molar-refractivity contribution is 0.496. The Hall–Kier alpha value is -0.890. The van der Waals surface area contributed by atoms with Crippen LogP contribution in [-0.2, 0) is 0 Å². The first-order valence-electron chi connectivity index (χ1n) is 5.89. The van der Waals surface area contributed by atoms with Gasteiger partial charge in [-0.05, 0) is 62.9 Å². The monoisotopic (exact) mass is 223 g/mol. The zero-order chi connectivity index (χ0) is 12.3. The number of rotatable bonds is 4. The van der Waals surface area contributed by atoms with E-state index in [1.54, 1.807) is 6.07 Å². The third kappa shape index (κ3) is 3.05. The second-order valence-electron chi connectivity index (χ2n) is 4.80. The van der Waals surface area contributed by atoms with Crippen molar-refractivity contribution in [2.45, 2.75) is 46.1 Å². The predicted octanol–water partition coefficient (Wildman–Crippen LogP) is 3.54. The Labute approximate surface area is 98.1 Å². The summed E-state index contributed by atoms with van der Waals surface area (Å²) in [5.41, 5.74) is 2.92. The summed E-state index contributed by atoms with van der Waals surface area (Å²) in [7, 11) is 1.94. The average molecular weight is 223 g/mol. The van der Waals surface area contributed by atoms with Crippen LogP contribution < -0.4 is 5.32 Å². The van der Waals surface area contributed by atoms with Crippen LogP contribution in [0, 0.1) is 19.7 Å². The molecule has 90 valence electrons. The lowest BCUT2D eigenvalue weighted by Crippen LogP contribution is -2.23. The van der Waals surface area contributed by atoms with Crippen molar-refractivity contribution >= 4 is 0 Å². The van der Waals surface area contributed by atoms with E-state index < -0.39 is 0 Å². The van der Waals surface area contributed by atoms with Gasteiger partial charge in [0, 0.05) is 6.04 Å². The molecule has 0 radical (unpaired) electrons. The highest BCUT2D eigenvalue weighted by atomic mass is 19.1. The van der Waals surface area contributed by atoms with E-state index in [-0.39, 0.29) is 11.7 Å². The summed E-state index contributed by atoms with van der Waals surface area (Å²) in [6.07, 6.45) is 0.956. The molecule has 1 aromatic carbocycles. The SMILES string of the molecule is CNC(C)CC(C)c1c(C)cc(C)cc1F. The minimum Gasteiger partial charge on any atom is -0.317 e. The Morgan fingerprint density at radius 1 is 1.25 bits per heavy atom. The van der Waals surface area contributed by atoms with Crippen LogP contribution in [0.2, 0.25) is 0 Å². The fourth-order valence-corrected chi connectivity index (χ4v) is 2.32. The molecule has 0 fully saturated rings. The zero-order valence-corrected chi connectivity index (χ0v) is 10.9. The molecule has 0 aliphatic carbocycles. The normalized spacial score (nSPS) is 14.9. The van der Waals surface area contributed by atoms with E-state index in [2.05, 4.69) is 25.2 Å². The third-order valence-electron chi connectivity index (χ3n) is 3.17. The summed E-state index contributed by atoms with van der Waals surface area (Å²) in [5, 5.41) is 3.19. The van der Waals surface area contributed by atoms with E-state index in [0.29, 0.717) is 6.04 Å². The molecule has 1 aromatic rings. The molecule has 0 bridgehead atoms. The van der Waals surface area contributed by atoms with E-state index in [9.17, 15) is 4.39 Å². The van der Waals surface area contributed by atoms with Crippen LogP contribution in [0.3, 0.4) is 0 Å². The van der Waals surface area contributed by atoms with E-state index in [0.717, 1.165) is 23.1 Å². The molecule has 0 saturated heterocycles. The van der Waals surface area contributed by atoms with E-state index in [1.165, 1.54) is 0 Å². The first-order valence-corrected chi connectivity index (χ1v) is 5.89. The van der Waals surface area contributed by atoms with Gasteiger partial charge < -0.3 is 5.32 Å². The summed E-state index contributed by atoms with van der Waals surface area (Å²) in [6, 6.07) is 4.09. The van der Waals surface area contributed by atoms with Crippen LogP contribution in [0.5, 0.6) is 0 Å². The summed E-state index contributed by atoms with van der Waals surface area (Å²) in [6.45, 7) is 8.14. The van der Waals surface area contributed by atoms with Crippen LogP contribution in [-0.4, -0.2) is 13.1 Å². The molecule has 0 heterocycles. The van der Waals surface area contributed by atoms with Crippen molar-refractivity contribution in [3.63, 3.8) is 0 Å². The quantitative estimate of drug-likeness (QED) is 0.823. The topological polar surface area (TPSA) is 12.0 Å². The van der Waals surface area contributed by atoms with Gasteiger partial charge in [-0.2, -0.15) is 0 Å². The minimum absolute atomic E-state index is 0.0618. The lowest BCUT2D eigenvalue weighted by atomic mass is 9.90. The van der Waals surface area contributed by atoms with E-state index in [1.807, 2.05) is 20.9 Å². The molecule has 2 heteroatoms. The van der Waals surface area contributed by atoms with Gasteiger partial charge in [-0.25, -0.2) is 4.39 Å². The molecular formula is C14H22FN. The van der Waals surface area contributed by atoms with Crippen molar-refractivity contribution in [2.75, 3.05) is 7.05 Å². The third-order valence-corrected chi connectivity index (χ3v) is 3.17. The smallest absolute Gasteiger partial charge is 0.127 e. The van der Waals surface area contributed by atoms with E-state index in [4.69, 9.17) is 0 Å². The fraction of sp³-hybridized carbons (Fsp3) is 0.571. The maximum absolute atomic E-state index is 13.9. The molecule has 0 saturated carbocycles. The van der Waals surface area contributed by atoms with Gasteiger partial charge in [0.05, 0.1) is 0 Å². The van der Waals surface area contributed by atoms with Crippen LogP contribution in [0.25, 0.3) is 0 Å². The molecule has 1 N–H and O–H groups in total. The number of benzene rings is 1. The maximum Gasteiger partial charge on any atom is 0.127 e. The lowest BCUT2D eigenvalue weighted by Gasteiger charge is -2.20. The fourth-order valence-electron chi connectivity index (χ4n) is 2.32. The molecule has 0 amide bonds. The second kappa shape index (κ2) is 5.44. The Balaban J connectivity index is 2.95. The number of halogens is 1. The van der Waals surface area contributed by atoms with Crippen LogP contribution in [0.1, 0.15) is 42.9 Å². The van der Waals surface area contributed by atoms with Crippen molar-refractivity contribution in [2.24, 2.45) is 0 Å². The molecule has 2 unspecified atom stereocenters. The van der Waals surface area contributed by atoms with Gasteiger partial charge in [0.2, 0.25) is 0 Å². The first kappa shape index (κ1) is 13.2. The van der Waals surface area contributed by atoms with Gasteiger partial charge in [0.25, 0.3) is 0 Å².